The number of hydrogen-bond acceptors (Lipinski definition) is 4. The molecular weight excluding hydrogens is 319 g/mol. The zero-order valence-electron chi connectivity index (χ0n) is 13.2. The fourth-order valence-electron chi connectivity index (χ4n) is 3.09. The van der Waals surface area contributed by atoms with E-state index in [1.807, 2.05) is 12.1 Å². The Balaban J connectivity index is 1.48. The maximum absolute atomic E-state index is 12.4. The molecule has 1 fully saturated rings. The molecule has 1 saturated heterocycles. The lowest BCUT2D eigenvalue weighted by Crippen LogP contribution is -2.33. The average Bonchev–Trinajstić information content (AvgIpc) is 3.16. The van der Waals surface area contributed by atoms with Gasteiger partial charge in [-0.1, -0.05) is 0 Å². The minimum atomic E-state index is -4.11. The van der Waals surface area contributed by atoms with E-state index in [1.54, 1.807) is 18.6 Å². The lowest BCUT2D eigenvalue weighted by molar-refractivity contribution is -0.143. The predicted molar refractivity (Wildman–Crippen MR) is 84.1 cm³/mol. The minimum absolute atomic E-state index is 0.251. The van der Waals surface area contributed by atoms with Crippen LogP contribution >= 0.6 is 0 Å². The van der Waals surface area contributed by atoms with Crippen LogP contribution in [0.5, 0.6) is 0 Å². The summed E-state index contributed by atoms with van der Waals surface area (Å²) in [6.45, 7) is 1.52. The summed E-state index contributed by atoms with van der Waals surface area (Å²) in [5, 5.41) is 10.4. The van der Waals surface area contributed by atoms with Crippen molar-refractivity contribution in [1.82, 2.24) is 25.4 Å². The van der Waals surface area contributed by atoms with Crippen molar-refractivity contribution in [3.05, 3.63) is 36.3 Å². The molecule has 5 nitrogen and oxygen atoms in total. The van der Waals surface area contributed by atoms with Crippen LogP contribution in [0.4, 0.5) is 13.2 Å². The van der Waals surface area contributed by atoms with Gasteiger partial charge in [0.15, 0.2) is 0 Å². The molecule has 1 aliphatic heterocycles. The first-order valence-corrected chi connectivity index (χ1v) is 7.94. The molecule has 0 radical (unpaired) electrons. The van der Waals surface area contributed by atoms with Gasteiger partial charge in [0.1, 0.15) is 0 Å². The van der Waals surface area contributed by atoms with Crippen LogP contribution in [0.25, 0.3) is 11.3 Å². The normalized spacial score (nSPS) is 19.0. The number of aromatic amines is 1. The fourth-order valence-corrected chi connectivity index (χ4v) is 3.09. The summed E-state index contributed by atoms with van der Waals surface area (Å²) < 4.78 is 37.2. The summed E-state index contributed by atoms with van der Waals surface area (Å²) in [5.41, 5.74) is 2.90. The van der Waals surface area contributed by atoms with Gasteiger partial charge < -0.3 is 5.32 Å². The van der Waals surface area contributed by atoms with Gasteiger partial charge in [0, 0.05) is 36.6 Å². The Labute approximate surface area is 138 Å². The molecule has 0 unspecified atom stereocenters. The van der Waals surface area contributed by atoms with Crippen molar-refractivity contribution in [3.8, 4) is 11.3 Å². The van der Waals surface area contributed by atoms with Crippen molar-refractivity contribution in [1.29, 1.82) is 0 Å². The second-order valence-corrected chi connectivity index (χ2v) is 6.15. The summed E-state index contributed by atoms with van der Waals surface area (Å²) in [5.74, 6) is 0.251. The van der Waals surface area contributed by atoms with Crippen LogP contribution in [0.1, 0.15) is 12.0 Å². The molecule has 0 bridgehead atoms. The number of H-pyrrole nitrogens is 1. The molecule has 2 N–H and O–H groups in total. The highest BCUT2D eigenvalue weighted by Crippen LogP contribution is 2.23. The summed E-state index contributed by atoms with van der Waals surface area (Å²) >= 11 is 0. The number of alkyl halides is 3. The van der Waals surface area contributed by atoms with E-state index < -0.39 is 12.7 Å². The van der Waals surface area contributed by atoms with Gasteiger partial charge in [-0.3, -0.25) is 15.0 Å². The molecule has 1 atom stereocenters. The lowest BCUT2D eigenvalue weighted by atomic mass is 10.1. The third kappa shape index (κ3) is 4.55. The molecule has 1 aliphatic rings. The van der Waals surface area contributed by atoms with E-state index in [4.69, 9.17) is 0 Å². The number of likely N-dealkylation sites (tertiary alicyclic amines) is 1. The first kappa shape index (κ1) is 16.9. The van der Waals surface area contributed by atoms with Gasteiger partial charge in [-0.15, -0.1) is 0 Å². The Hall–Kier alpha value is -1.93. The van der Waals surface area contributed by atoms with Crippen molar-refractivity contribution in [2.24, 2.45) is 5.92 Å². The standard InChI is InChI=1S/C16H20F3N5/c17-16(18,19)11-24-5-3-12(10-24)6-21-8-14-9-22-23-15(14)13-2-1-4-20-7-13/h1-2,4,7,9,12,21H,3,5-6,8,10-11H2,(H,22,23)/t12-/m0/s1. The molecule has 0 spiro atoms. The number of nitrogens with zero attached hydrogens (tertiary/aromatic N) is 3. The quantitative estimate of drug-likeness (QED) is 0.849. The van der Waals surface area contributed by atoms with Crippen molar-refractivity contribution in [3.63, 3.8) is 0 Å². The summed E-state index contributed by atoms with van der Waals surface area (Å²) in [7, 11) is 0. The van der Waals surface area contributed by atoms with Gasteiger partial charge in [-0.2, -0.15) is 18.3 Å². The van der Waals surface area contributed by atoms with E-state index in [0.29, 0.717) is 26.2 Å². The first-order chi connectivity index (χ1) is 11.5. The third-order valence-corrected chi connectivity index (χ3v) is 4.19. The smallest absolute Gasteiger partial charge is 0.312 e. The van der Waals surface area contributed by atoms with Gasteiger partial charge in [0.05, 0.1) is 18.4 Å². The molecule has 2 aromatic rings. The zero-order valence-corrected chi connectivity index (χ0v) is 13.2. The summed E-state index contributed by atoms with van der Waals surface area (Å²) in [6, 6.07) is 3.82. The first-order valence-electron chi connectivity index (χ1n) is 7.94. The van der Waals surface area contributed by atoms with E-state index >= 15 is 0 Å². The Bertz CT molecular complexity index is 641. The molecule has 8 heteroatoms. The van der Waals surface area contributed by atoms with Crippen LogP contribution in [0.15, 0.2) is 30.7 Å². The van der Waals surface area contributed by atoms with Crippen molar-refractivity contribution in [2.45, 2.75) is 19.1 Å². The van der Waals surface area contributed by atoms with Gasteiger partial charge >= 0.3 is 6.18 Å². The topological polar surface area (TPSA) is 56.8 Å². The van der Waals surface area contributed by atoms with Crippen molar-refractivity contribution in [2.75, 3.05) is 26.2 Å². The number of rotatable bonds is 6. The maximum atomic E-state index is 12.4. The Morgan fingerprint density at radius 1 is 1.33 bits per heavy atom. The molecule has 0 aliphatic carbocycles. The number of halogens is 3. The van der Waals surface area contributed by atoms with E-state index in [-0.39, 0.29) is 5.92 Å². The molecule has 2 aromatic heterocycles. The van der Waals surface area contributed by atoms with Crippen molar-refractivity contribution < 1.29 is 13.2 Å². The van der Waals surface area contributed by atoms with E-state index in [9.17, 15) is 13.2 Å². The van der Waals surface area contributed by atoms with Gasteiger partial charge in [0.25, 0.3) is 0 Å². The number of pyridine rings is 1. The summed E-state index contributed by atoms with van der Waals surface area (Å²) in [4.78, 5) is 5.57. The van der Waals surface area contributed by atoms with Crippen LogP contribution in [-0.2, 0) is 6.54 Å². The van der Waals surface area contributed by atoms with E-state index in [1.165, 1.54) is 4.90 Å². The average molecular weight is 339 g/mol. The highest BCUT2D eigenvalue weighted by Gasteiger charge is 2.34. The molecule has 24 heavy (non-hydrogen) atoms. The Morgan fingerprint density at radius 3 is 2.96 bits per heavy atom. The minimum Gasteiger partial charge on any atom is -0.312 e. The number of aromatic nitrogens is 3. The Morgan fingerprint density at radius 2 is 2.21 bits per heavy atom. The lowest BCUT2D eigenvalue weighted by Gasteiger charge is -2.18. The molecule has 3 rings (SSSR count). The summed E-state index contributed by atoms with van der Waals surface area (Å²) in [6.07, 6.45) is 1.93. The molecule has 130 valence electrons. The monoisotopic (exact) mass is 339 g/mol. The molecule has 0 amide bonds. The second-order valence-electron chi connectivity index (χ2n) is 6.15. The second kappa shape index (κ2) is 7.31. The van der Waals surface area contributed by atoms with Crippen LogP contribution in [-0.4, -0.2) is 52.4 Å². The SMILES string of the molecule is FC(F)(F)CN1CC[C@@H](CNCc2cn[nH]c2-c2cccnc2)C1. The van der Waals surface area contributed by atoms with Gasteiger partial charge in [-0.05, 0) is 37.6 Å². The zero-order chi connectivity index (χ0) is 17.0. The van der Waals surface area contributed by atoms with E-state index in [0.717, 1.165) is 23.2 Å². The highest BCUT2D eigenvalue weighted by molar-refractivity contribution is 5.61. The van der Waals surface area contributed by atoms with Crippen LogP contribution in [0.2, 0.25) is 0 Å². The fraction of sp³-hybridized carbons (Fsp3) is 0.500. The predicted octanol–water partition coefficient (Wildman–Crippen LogP) is 2.45. The van der Waals surface area contributed by atoms with Crippen LogP contribution < -0.4 is 5.32 Å². The molecule has 0 aromatic carbocycles. The largest absolute Gasteiger partial charge is 0.401 e. The molecule has 3 heterocycles. The van der Waals surface area contributed by atoms with Gasteiger partial charge in [-0.25, -0.2) is 0 Å². The molecular formula is C16H20F3N5. The third-order valence-electron chi connectivity index (χ3n) is 4.19. The van der Waals surface area contributed by atoms with Crippen molar-refractivity contribution >= 4 is 0 Å². The maximum Gasteiger partial charge on any atom is 0.401 e. The van der Waals surface area contributed by atoms with Crippen LogP contribution in [0, 0.1) is 5.92 Å². The molecule has 0 saturated carbocycles. The number of hydrogen-bond donors (Lipinski definition) is 2. The van der Waals surface area contributed by atoms with Gasteiger partial charge in [0.2, 0.25) is 0 Å². The van der Waals surface area contributed by atoms with E-state index in [2.05, 4.69) is 20.5 Å². The van der Waals surface area contributed by atoms with Crippen LogP contribution in [0.3, 0.4) is 0 Å². The highest BCUT2D eigenvalue weighted by atomic mass is 19.4. The Kier molecular flexibility index (Phi) is 5.15. The number of nitrogens with one attached hydrogen (secondary N) is 2.